The first-order valence-corrected chi connectivity index (χ1v) is 5.27. The fraction of sp³-hybridized carbons (Fsp3) is 0.308. The number of hydrogen-bond acceptors (Lipinski definition) is 2. The molecule has 0 saturated heterocycles. The number of carbonyl (C=O) groups is 1. The van der Waals surface area contributed by atoms with Gasteiger partial charge in [-0.3, -0.25) is 4.79 Å². The number of para-hydroxylation sites is 2. The summed E-state index contributed by atoms with van der Waals surface area (Å²) in [7, 11) is 0. The van der Waals surface area contributed by atoms with Crippen LogP contribution in [0.4, 0.5) is 5.69 Å². The molecule has 1 aliphatic heterocycles. The number of amides is 1. The van der Waals surface area contributed by atoms with Gasteiger partial charge in [-0.05, 0) is 26.0 Å². The molecule has 1 aromatic carbocycles. The van der Waals surface area contributed by atoms with Gasteiger partial charge in [0.1, 0.15) is 5.75 Å². The first-order chi connectivity index (χ1) is 7.56. The molecule has 84 valence electrons. The minimum absolute atomic E-state index is 0.0360. The molecule has 1 aromatic rings. The smallest absolute Gasteiger partial charge is 0.270 e. The molecule has 3 heteroatoms. The Morgan fingerprint density at radius 1 is 1.44 bits per heavy atom. The van der Waals surface area contributed by atoms with Crippen LogP contribution in [0, 0.1) is 0 Å². The normalized spacial score (nSPS) is 17.6. The largest absolute Gasteiger partial charge is 0.476 e. The Labute approximate surface area is 95.3 Å². The lowest BCUT2D eigenvalue weighted by Gasteiger charge is -2.38. The van der Waals surface area contributed by atoms with Gasteiger partial charge in [-0.2, -0.15) is 0 Å². The zero-order valence-corrected chi connectivity index (χ0v) is 9.56. The fourth-order valence-electron chi connectivity index (χ4n) is 1.83. The van der Waals surface area contributed by atoms with E-state index in [2.05, 4.69) is 6.58 Å². The number of benzene rings is 1. The van der Waals surface area contributed by atoms with E-state index in [9.17, 15) is 4.79 Å². The highest BCUT2D eigenvalue weighted by Crippen LogP contribution is 2.37. The lowest BCUT2D eigenvalue weighted by Crippen LogP contribution is -2.52. The molecular weight excluding hydrogens is 202 g/mol. The van der Waals surface area contributed by atoms with Gasteiger partial charge in [0.25, 0.3) is 5.91 Å². The number of hydrogen-bond donors (Lipinski definition) is 0. The van der Waals surface area contributed by atoms with E-state index in [0.29, 0.717) is 6.54 Å². The highest BCUT2D eigenvalue weighted by atomic mass is 16.5. The topological polar surface area (TPSA) is 29.5 Å². The number of anilines is 1. The van der Waals surface area contributed by atoms with Crippen molar-refractivity contribution < 1.29 is 9.53 Å². The molecule has 0 bridgehead atoms. The van der Waals surface area contributed by atoms with Gasteiger partial charge < -0.3 is 9.64 Å². The molecule has 0 saturated carbocycles. The average Bonchev–Trinajstić information content (AvgIpc) is 2.24. The van der Waals surface area contributed by atoms with Gasteiger partial charge in [0.05, 0.1) is 5.69 Å². The van der Waals surface area contributed by atoms with Crippen molar-refractivity contribution in [3.8, 4) is 5.75 Å². The maximum absolute atomic E-state index is 12.2. The monoisotopic (exact) mass is 217 g/mol. The van der Waals surface area contributed by atoms with E-state index in [4.69, 9.17) is 4.74 Å². The average molecular weight is 217 g/mol. The van der Waals surface area contributed by atoms with E-state index in [1.165, 1.54) is 0 Å². The van der Waals surface area contributed by atoms with E-state index < -0.39 is 5.60 Å². The highest BCUT2D eigenvalue weighted by Gasteiger charge is 2.40. The summed E-state index contributed by atoms with van der Waals surface area (Å²) >= 11 is 0. The zero-order chi connectivity index (χ0) is 11.8. The highest BCUT2D eigenvalue weighted by molar-refractivity contribution is 6.02. The predicted molar refractivity (Wildman–Crippen MR) is 63.7 cm³/mol. The molecule has 0 radical (unpaired) electrons. The van der Waals surface area contributed by atoms with Gasteiger partial charge in [-0.15, -0.1) is 6.58 Å². The molecule has 0 aliphatic carbocycles. The molecule has 0 aromatic heterocycles. The van der Waals surface area contributed by atoms with Crippen molar-refractivity contribution >= 4 is 11.6 Å². The third-order valence-electron chi connectivity index (χ3n) is 2.59. The maximum Gasteiger partial charge on any atom is 0.270 e. The van der Waals surface area contributed by atoms with Gasteiger partial charge in [0.15, 0.2) is 5.60 Å². The molecule has 1 heterocycles. The third kappa shape index (κ3) is 1.58. The van der Waals surface area contributed by atoms with Crippen molar-refractivity contribution in [1.29, 1.82) is 0 Å². The first-order valence-electron chi connectivity index (χ1n) is 5.27. The summed E-state index contributed by atoms with van der Waals surface area (Å²) in [5, 5.41) is 0. The van der Waals surface area contributed by atoms with Crippen LogP contribution in [0.25, 0.3) is 0 Å². The zero-order valence-electron chi connectivity index (χ0n) is 9.56. The predicted octanol–water partition coefficient (Wildman–Crippen LogP) is 2.38. The van der Waals surface area contributed by atoms with Crippen LogP contribution in [0.15, 0.2) is 36.9 Å². The van der Waals surface area contributed by atoms with Gasteiger partial charge in [0.2, 0.25) is 0 Å². The summed E-state index contributed by atoms with van der Waals surface area (Å²) in [6.45, 7) is 7.74. The Bertz CT molecular complexity index is 437. The Hall–Kier alpha value is -1.77. The van der Waals surface area contributed by atoms with Crippen LogP contribution in [0.5, 0.6) is 5.75 Å². The van der Waals surface area contributed by atoms with Crippen molar-refractivity contribution in [3.63, 3.8) is 0 Å². The van der Waals surface area contributed by atoms with Crippen molar-refractivity contribution in [2.24, 2.45) is 0 Å². The third-order valence-corrected chi connectivity index (χ3v) is 2.59. The summed E-state index contributed by atoms with van der Waals surface area (Å²) in [4.78, 5) is 13.9. The second-order valence-electron chi connectivity index (χ2n) is 4.28. The standard InChI is InChI=1S/C13H15NO2/c1-4-9-14-10-7-5-6-8-11(10)16-13(2,3)12(14)15/h4-8H,1,9H2,2-3H3. The molecule has 1 aliphatic rings. The van der Waals surface area contributed by atoms with Crippen LogP contribution in [0.2, 0.25) is 0 Å². The molecule has 2 rings (SSSR count). The van der Waals surface area contributed by atoms with Crippen LogP contribution in [-0.4, -0.2) is 18.1 Å². The SMILES string of the molecule is C=CCN1C(=O)C(C)(C)Oc2ccccc21. The molecular formula is C13H15NO2. The number of rotatable bonds is 2. The minimum Gasteiger partial charge on any atom is -0.476 e. The number of ether oxygens (including phenoxy) is 1. The van der Waals surface area contributed by atoms with Crippen LogP contribution in [-0.2, 0) is 4.79 Å². The van der Waals surface area contributed by atoms with Crippen molar-refractivity contribution in [2.75, 3.05) is 11.4 Å². The summed E-state index contributed by atoms with van der Waals surface area (Å²) in [5.41, 5.74) is 0.00361. The summed E-state index contributed by atoms with van der Waals surface area (Å²) in [6.07, 6.45) is 1.72. The Kier molecular flexibility index (Phi) is 2.46. The molecule has 16 heavy (non-hydrogen) atoms. The number of carbonyl (C=O) groups excluding carboxylic acids is 1. The lowest BCUT2D eigenvalue weighted by molar-refractivity contribution is -0.132. The minimum atomic E-state index is -0.808. The second kappa shape index (κ2) is 3.67. The van der Waals surface area contributed by atoms with Gasteiger partial charge >= 0.3 is 0 Å². The quantitative estimate of drug-likeness (QED) is 0.712. The van der Waals surface area contributed by atoms with E-state index in [1.807, 2.05) is 24.3 Å². The van der Waals surface area contributed by atoms with Crippen molar-refractivity contribution in [1.82, 2.24) is 0 Å². The van der Waals surface area contributed by atoms with Crippen LogP contribution in [0.1, 0.15) is 13.8 Å². The molecule has 0 unspecified atom stereocenters. The summed E-state index contributed by atoms with van der Waals surface area (Å²) in [5.74, 6) is 0.708. The lowest BCUT2D eigenvalue weighted by atomic mass is 10.0. The molecule has 0 spiro atoms. The Morgan fingerprint density at radius 2 is 2.12 bits per heavy atom. The molecule has 1 amide bonds. The van der Waals surface area contributed by atoms with Crippen LogP contribution in [0.3, 0.4) is 0 Å². The molecule has 3 nitrogen and oxygen atoms in total. The number of nitrogens with zero attached hydrogens (tertiary/aromatic N) is 1. The Balaban J connectivity index is 2.50. The van der Waals surface area contributed by atoms with Crippen LogP contribution < -0.4 is 9.64 Å². The van der Waals surface area contributed by atoms with Crippen molar-refractivity contribution in [2.45, 2.75) is 19.4 Å². The van der Waals surface area contributed by atoms with E-state index >= 15 is 0 Å². The fourth-order valence-corrected chi connectivity index (χ4v) is 1.83. The second-order valence-corrected chi connectivity index (χ2v) is 4.28. The molecule has 0 fully saturated rings. The molecule has 0 atom stereocenters. The first kappa shape index (κ1) is 10.7. The van der Waals surface area contributed by atoms with Crippen molar-refractivity contribution in [3.05, 3.63) is 36.9 Å². The summed E-state index contributed by atoms with van der Waals surface area (Å²) < 4.78 is 5.68. The summed E-state index contributed by atoms with van der Waals surface area (Å²) in [6, 6.07) is 7.55. The van der Waals surface area contributed by atoms with Gasteiger partial charge in [-0.1, -0.05) is 18.2 Å². The maximum atomic E-state index is 12.2. The Morgan fingerprint density at radius 3 is 2.81 bits per heavy atom. The van der Waals surface area contributed by atoms with E-state index in [1.54, 1.807) is 24.8 Å². The number of fused-ring (bicyclic) bond motifs is 1. The van der Waals surface area contributed by atoms with E-state index in [-0.39, 0.29) is 5.91 Å². The van der Waals surface area contributed by atoms with E-state index in [0.717, 1.165) is 11.4 Å². The van der Waals surface area contributed by atoms with Crippen LogP contribution >= 0.6 is 0 Å². The van der Waals surface area contributed by atoms with Gasteiger partial charge in [0, 0.05) is 6.54 Å². The molecule has 0 N–H and O–H groups in total. The van der Waals surface area contributed by atoms with Gasteiger partial charge in [-0.25, -0.2) is 0 Å².